The lowest BCUT2D eigenvalue weighted by molar-refractivity contribution is -0.870. The third kappa shape index (κ3) is 38.0. The fourth-order valence-corrected chi connectivity index (χ4v) is 6.20. The van der Waals surface area contributed by atoms with Gasteiger partial charge in [-0.1, -0.05) is 141 Å². The summed E-state index contributed by atoms with van der Waals surface area (Å²) in [5.74, 6) is -0.806. The summed E-state index contributed by atoms with van der Waals surface area (Å²) in [6.45, 7) is 4.37. The van der Waals surface area contributed by atoms with Crippen molar-refractivity contribution in [3.8, 4) is 0 Å². The number of unbranched alkanes of at least 4 members (excludes halogenated alkanes) is 19. The van der Waals surface area contributed by atoms with Crippen LogP contribution in [0.15, 0.2) is 24.3 Å². The van der Waals surface area contributed by atoms with Crippen LogP contribution in [0.2, 0.25) is 0 Å². The van der Waals surface area contributed by atoms with Gasteiger partial charge in [-0.25, -0.2) is 4.57 Å². The number of phosphoric ester groups is 1. The van der Waals surface area contributed by atoms with Crippen molar-refractivity contribution in [2.24, 2.45) is 0 Å². The summed E-state index contributed by atoms with van der Waals surface area (Å²) < 4.78 is 34.2. The molecule has 0 radical (unpaired) electrons. The summed E-state index contributed by atoms with van der Waals surface area (Å²) in [5, 5.41) is 0. The fourth-order valence-electron chi connectivity index (χ4n) is 5.45. The number of ether oxygens (including phenoxy) is 2. The molecular weight excluding hydrogens is 665 g/mol. The molecule has 0 aromatic carbocycles. The van der Waals surface area contributed by atoms with E-state index in [9.17, 15) is 19.0 Å². The van der Waals surface area contributed by atoms with Gasteiger partial charge in [0.15, 0.2) is 6.10 Å². The second-order valence-corrected chi connectivity index (χ2v) is 16.5. The fraction of sp³-hybridized carbons (Fsp3) is 0.854. The zero-order valence-corrected chi connectivity index (χ0v) is 34.5. The molecular formula is C41H79NO8P+. The Hall–Kier alpha value is -1.51. The number of likely N-dealkylation sites (N-methyl/N-ethyl adjacent to an activating group) is 1. The Kier molecular flexibility index (Phi) is 33.3. The second-order valence-electron chi connectivity index (χ2n) is 15.0. The van der Waals surface area contributed by atoms with E-state index < -0.39 is 26.5 Å². The van der Waals surface area contributed by atoms with E-state index in [1.807, 2.05) is 21.1 Å². The molecule has 2 unspecified atom stereocenters. The first-order valence-electron chi connectivity index (χ1n) is 20.6. The Bertz CT molecular complexity index is 933. The summed E-state index contributed by atoms with van der Waals surface area (Å²) in [6, 6.07) is 0. The predicted molar refractivity (Wildman–Crippen MR) is 211 cm³/mol. The highest BCUT2D eigenvalue weighted by atomic mass is 31.2. The third-order valence-corrected chi connectivity index (χ3v) is 9.72. The molecule has 0 amide bonds. The standard InChI is InChI=1S/C41H78NO8P/c1-6-8-10-12-14-16-18-19-20-21-22-23-24-26-28-30-32-34-41(44)50-39(38-49-51(45,46)48-36-35-42(3,4)5)37-47-40(43)33-31-29-27-25-17-15-13-11-9-7-2/h14,16,19-20,39H,6-13,15,17-18,21-38H2,1-5H3/p+1/b16-14-,20-19-. The van der Waals surface area contributed by atoms with Crippen molar-refractivity contribution in [1.82, 2.24) is 0 Å². The van der Waals surface area contributed by atoms with E-state index in [2.05, 4.69) is 38.2 Å². The normalized spacial score (nSPS) is 13.9. The van der Waals surface area contributed by atoms with Crippen LogP contribution in [-0.2, 0) is 32.7 Å². The molecule has 9 nitrogen and oxygen atoms in total. The van der Waals surface area contributed by atoms with E-state index in [0.29, 0.717) is 17.4 Å². The molecule has 0 aromatic rings. The lowest BCUT2D eigenvalue weighted by atomic mass is 10.1. The first-order valence-corrected chi connectivity index (χ1v) is 22.1. The Morgan fingerprint density at radius 2 is 1.06 bits per heavy atom. The molecule has 0 saturated carbocycles. The van der Waals surface area contributed by atoms with E-state index in [-0.39, 0.29) is 32.0 Å². The molecule has 0 spiro atoms. The maximum atomic E-state index is 12.6. The Morgan fingerprint density at radius 3 is 1.59 bits per heavy atom. The number of phosphoric acid groups is 1. The highest BCUT2D eigenvalue weighted by Crippen LogP contribution is 2.43. The molecule has 2 atom stereocenters. The molecule has 0 aliphatic heterocycles. The second kappa shape index (κ2) is 34.3. The minimum atomic E-state index is -4.37. The van der Waals surface area contributed by atoms with Crippen LogP contribution in [-0.4, -0.2) is 74.9 Å². The molecule has 300 valence electrons. The number of carbonyl (C=O) groups excluding carboxylic acids is 2. The first-order chi connectivity index (χ1) is 24.5. The van der Waals surface area contributed by atoms with Crippen LogP contribution in [0.5, 0.6) is 0 Å². The van der Waals surface area contributed by atoms with Crippen LogP contribution < -0.4 is 0 Å². The van der Waals surface area contributed by atoms with Gasteiger partial charge in [-0.2, -0.15) is 0 Å². The number of nitrogens with zero attached hydrogens (tertiary/aromatic N) is 1. The van der Waals surface area contributed by atoms with Gasteiger partial charge >= 0.3 is 19.8 Å². The van der Waals surface area contributed by atoms with E-state index >= 15 is 0 Å². The maximum absolute atomic E-state index is 12.6. The molecule has 0 fully saturated rings. The van der Waals surface area contributed by atoms with Crippen LogP contribution in [0.25, 0.3) is 0 Å². The monoisotopic (exact) mass is 745 g/mol. The number of esters is 2. The summed E-state index contributed by atoms with van der Waals surface area (Å²) in [5.41, 5.74) is 0. The predicted octanol–water partition coefficient (Wildman–Crippen LogP) is 11.2. The molecule has 0 rings (SSSR count). The van der Waals surface area contributed by atoms with Gasteiger partial charge in [0.25, 0.3) is 0 Å². The van der Waals surface area contributed by atoms with Gasteiger partial charge in [-0.15, -0.1) is 0 Å². The average Bonchev–Trinajstić information content (AvgIpc) is 3.07. The van der Waals surface area contributed by atoms with Crippen LogP contribution in [0.1, 0.15) is 174 Å². The average molecular weight is 745 g/mol. The van der Waals surface area contributed by atoms with Crippen LogP contribution >= 0.6 is 7.82 Å². The number of quaternary nitrogens is 1. The molecule has 0 bridgehead atoms. The highest BCUT2D eigenvalue weighted by Gasteiger charge is 2.27. The van der Waals surface area contributed by atoms with Gasteiger partial charge in [0.05, 0.1) is 27.7 Å². The molecule has 0 aliphatic rings. The first kappa shape index (κ1) is 49.5. The number of rotatable bonds is 37. The Labute approximate surface area is 313 Å². The van der Waals surface area contributed by atoms with Crippen LogP contribution in [0, 0.1) is 0 Å². The maximum Gasteiger partial charge on any atom is 0.472 e. The summed E-state index contributed by atoms with van der Waals surface area (Å²) >= 11 is 0. The molecule has 51 heavy (non-hydrogen) atoms. The van der Waals surface area contributed by atoms with Crippen LogP contribution in [0.4, 0.5) is 0 Å². The van der Waals surface area contributed by atoms with Gasteiger partial charge < -0.3 is 18.9 Å². The minimum absolute atomic E-state index is 0.0315. The number of hydrogen-bond acceptors (Lipinski definition) is 7. The van der Waals surface area contributed by atoms with E-state index in [1.165, 1.54) is 89.9 Å². The number of hydrogen-bond donors (Lipinski definition) is 1. The van der Waals surface area contributed by atoms with Crippen LogP contribution in [0.3, 0.4) is 0 Å². The molecule has 0 saturated heterocycles. The van der Waals surface area contributed by atoms with Crippen molar-refractivity contribution in [3.63, 3.8) is 0 Å². The lowest BCUT2D eigenvalue weighted by Gasteiger charge is -2.24. The molecule has 1 N–H and O–H groups in total. The summed E-state index contributed by atoms with van der Waals surface area (Å²) in [6.07, 6.45) is 35.0. The van der Waals surface area contributed by atoms with Gasteiger partial charge in [0.2, 0.25) is 0 Å². The van der Waals surface area contributed by atoms with Crippen molar-refractivity contribution < 1.29 is 42.1 Å². The lowest BCUT2D eigenvalue weighted by Crippen LogP contribution is -2.37. The van der Waals surface area contributed by atoms with Gasteiger partial charge in [0.1, 0.15) is 19.8 Å². The van der Waals surface area contributed by atoms with E-state index in [4.69, 9.17) is 18.5 Å². The van der Waals surface area contributed by atoms with Gasteiger partial charge in [0, 0.05) is 12.8 Å². The van der Waals surface area contributed by atoms with Gasteiger partial charge in [-0.05, 0) is 44.9 Å². The molecule has 0 heterocycles. The number of carbonyl (C=O) groups is 2. The van der Waals surface area contributed by atoms with Gasteiger partial charge in [-0.3, -0.25) is 18.6 Å². The van der Waals surface area contributed by atoms with Crippen molar-refractivity contribution in [3.05, 3.63) is 24.3 Å². The third-order valence-electron chi connectivity index (χ3n) is 8.73. The largest absolute Gasteiger partial charge is 0.472 e. The number of allylic oxidation sites excluding steroid dienone is 4. The van der Waals surface area contributed by atoms with Crippen molar-refractivity contribution in [2.75, 3.05) is 47.5 Å². The summed E-state index contributed by atoms with van der Waals surface area (Å²) in [4.78, 5) is 35.2. The highest BCUT2D eigenvalue weighted by molar-refractivity contribution is 7.47. The van der Waals surface area contributed by atoms with Crippen molar-refractivity contribution >= 4 is 19.8 Å². The van der Waals surface area contributed by atoms with Crippen molar-refractivity contribution in [1.29, 1.82) is 0 Å². The smallest absolute Gasteiger partial charge is 0.462 e. The zero-order valence-electron chi connectivity index (χ0n) is 33.6. The topological polar surface area (TPSA) is 108 Å². The molecule has 10 heteroatoms. The summed E-state index contributed by atoms with van der Waals surface area (Å²) in [7, 11) is 1.47. The Balaban J connectivity index is 4.38. The zero-order chi connectivity index (χ0) is 37.9. The molecule has 0 aromatic heterocycles. The quantitative estimate of drug-likeness (QED) is 0.0220. The van der Waals surface area contributed by atoms with E-state index in [1.54, 1.807) is 0 Å². The van der Waals surface area contributed by atoms with E-state index in [0.717, 1.165) is 51.4 Å². The molecule has 0 aliphatic carbocycles. The Morgan fingerprint density at radius 1 is 0.608 bits per heavy atom. The minimum Gasteiger partial charge on any atom is -0.462 e. The van der Waals surface area contributed by atoms with Crippen molar-refractivity contribution in [2.45, 2.75) is 180 Å². The SMILES string of the molecule is CCCCC/C=C\C/C=C\CCCCCCCCCC(=O)OC(COC(=O)CCCCCCCCCCCC)COP(=O)(O)OCC[N+](C)(C)C.